The van der Waals surface area contributed by atoms with Crippen LogP contribution in [0.5, 0.6) is 0 Å². The topological polar surface area (TPSA) is 59.1 Å². The quantitative estimate of drug-likeness (QED) is 0.612. The number of benzene rings is 1. The Kier molecular flexibility index (Phi) is 3.48. The zero-order valence-electron chi connectivity index (χ0n) is 11.9. The number of amides is 2. The van der Waals surface area contributed by atoms with Crippen LogP contribution in [-0.4, -0.2) is 48.6 Å². The Labute approximate surface area is 122 Å². The largest absolute Gasteiger partial charge is 0.351 e. The minimum atomic E-state index is -0.446. The van der Waals surface area contributed by atoms with Gasteiger partial charge in [0.25, 0.3) is 11.8 Å². The Morgan fingerprint density at radius 2 is 2.10 bits per heavy atom. The molecule has 2 atom stereocenters. The lowest BCUT2D eigenvalue weighted by atomic mass is 10.2. The van der Waals surface area contributed by atoms with E-state index in [0.717, 1.165) is 10.6 Å². The summed E-state index contributed by atoms with van der Waals surface area (Å²) in [5.41, 5.74) is 1.03. The van der Waals surface area contributed by atoms with Crippen LogP contribution in [0.15, 0.2) is 42.0 Å². The maximum Gasteiger partial charge on any atom is 0.282 e. The molecule has 1 aromatic rings. The predicted octanol–water partition coefficient (Wildman–Crippen LogP) is 0.872. The molecular weight excluding hydrogens is 272 g/mol. The van der Waals surface area contributed by atoms with Gasteiger partial charge in [-0.2, -0.15) is 0 Å². The maximum atomic E-state index is 12.5. The van der Waals surface area contributed by atoms with Crippen molar-refractivity contribution >= 4 is 11.8 Å². The van der Waals surface area contributed by atoms with Crippen LogP contribution in [0.4, 0.5) is 0 Å². The van der Waals surface area contributed by atoms with Crippen molar-refractivity contribution in [3.63, 3.8) is 0 Å². The number of carbonyl (C=O) groups excluding carboxylic acids is 2. The summed E-state index contributed by atoms with van der Waals surface area (Å²) in [7, 11) is 2.86. The summed E-state index contributed by atoms with van der Waals surface area (Å²) >= 11 is 0. The van der Waals surface area contributed by atoms with Gasteiger partial charge in [0.2, 0.25) is 0 Å². The number of fused-ring (bicyclic) bond motifs is 1. The lowest BCUT2D eigenvalue weighted by Crippen LogP contribution is -2.36. The molecule has 0 spiro atoms. The second kappa shape index (κ2) is 5.31. The lowest BCUT2D eigenvalue weighted by molar-refractivity contribution is -0.165. The molecule has 2 heterocycles. The van der Waals surface area contributed by atoms with Crippen molar-refractivity contribution in [1.29, 1.82) is 0 Å². The van der Waals surface area contributed by atoms with E-state index in [0.29, 0.717) is 6.61 Å². The third kappa shape index (κ3) is 2.22. The molecule has 21 heavy (non-hydrogen) atoms. The lowest BCUT2D eigenvalue weighted by Gasteiger charge is -2.23. The second-order valence-electron chi connectivity index (χ2n) is 4.94. The minimum absolute atomic E-state index is 0.133. The fourth-order valence-electron chi connectivity index (χ4n) is 2.60. The Bertz CT molecular complexity index is 599. The molecule has 6 nitrogen and oxygen atoms in total. The van der Waals surface area contributed by atoms with Crippen molar-refractivity contribution in [3.8, 4) is 0 Å². The van der Waals surface area contributed by atoms with Gasteiger partial charge in [-0.05, 0) is 6.08 Å². The fraction of sp³-hybridized carbons (Fsp3) is 0.333. The molecular formula is C15H16N2O4. The first-order valence-electron chi connectivity index (χ1n) is 6.66. The van der Waals surface area contributed by atoms with Crippen LogP contribution in [0, 0.1) is 0 Å². The summed E-state index contributed by atoms with van der Waals surface area (Å²) in [6, 6.07) is 9.30. The predicted molar refractivity (Wildman–Crippen MR) is 73.6 cm³/mol. The van der Waals surface area contributed by atoms with Crippen LogP contribution < -0.4 is 0 Å². The van der Waals surface area contributed by atoms with Gasteiger partial charge in [0.05, 0.1) is 19.8 Å². The number of nitrogens with zero attached hydrogens (tertiary/aromatic N) is 2. The molecule has 0 radical (unpaired) electrons. The molecule has 110 valence electrons. The highest BCUT2D eigenvalue weighted by molar-refractivity contribution is 6.19. The van der Waals surface area contributed by atoms with Crippen LogP contribution in [0.25, 0.3) is 0 Å². The average molecular weight is 288 g/mol. The summed E-state index contributed by atoms with van der Waals surface area (Å²) in [6.07, 6.45) is 1.21. The van der Waals surface area contributed by atoms with Crippen LogP contribution >= 0.6 is 0 Å². The van der Waals surface area contributed by atoms with E-state index < -0.39 is 12.1 Å². The number of carbonyl (C=O) groups is 2. The van der Waals surface area contributed by atoms with Crippen molar-refractivity contribution in [3.05, 3.63) is 47.5 Å². The van der Waals surface area contributed by atoms with E-state index in [1.54, 1.807) is 11.0 Å². The Morgan fingerprint density at radius 3 is 2.76 bits per heavy atom. The summed E-state index contributed by atoms with van der Waals surface area (Å²) in [4.78, 5) is 31.1. The molecule has 6 heteroatoms. The molecule has 3 rings (SSSR count). The zero-order valence-corrected chi connectivity index (χ0v) is 11.9. The third-order valence-corrected chi connectivity index (χ3v) is 3.73. The van der Waals surface area contributed by atoms with Crippen LogP contribution in [-0.2, 0) is 19.2 Å². The van der Waals surface area contributed by atoms with E-state index in [9.17, 15) is 9.59 Å². The molecule has 1 fully saturated rings. The minimum Gasteiger partial charge on any atom is -0.351 e. The van der Waals surface area contributed by atoms with E-state index in [4.69, 9.17) is 9.57 Å². The number of hydrogen-bond acceptors (Lipinski definition) is 4. The molecule has 0 saturated carbocycles. The monoisotopic (exact) mass is 288 g/mol. The van der Waals surface area contributed by atoms with E-state index in [1.807, 2.05) is 30.3 Å². The molecule has 0 N–H and O–H groups in total. The first-order valence-corrected chi connectivity index (χ1v) is 6.66. The molecule has 0 unspecified atom stereocenters. The number of likely N-dealkylation sites (N-methyl/N-ethyl adjacent to an activating group) is 1. The van der Waals surface area contributed by atoms with Crippen molar-refractivity contribution in [2.24, 2.45) is 0 Å². The van der Waals surface area contributed by atoms with E-state index in [-0.39, 0.29) is 17.5 Å². The molecule has 2 amide bonds. The fourth-order valence-corrected chi connectivity index (χ4v) is 2.60. The molecule has 1 aromatic carbocycles. The van der Waals surface area contributed by atoms with E-state index >= 15 is 0 Å². The third-order valence-electron chi connectivity index (χ3n) is 3.73. The smallest absolute Gasteiger partial charge is 0.282 e. The molecule has 0 aromatic heterocycles. The maximum absolute atomic E-state index is 12.5. The standard InChI is InChI=1S/C15H16N2O4/c1-16(20-2)13(18)12-8-11-9-21-15(17(11)14(12)19)10-6-4-3-5-7-10/h3-8,11,15H,9H2,1-2H3/t11-,15+/m0/s1. The number of ether oxygens (including phenoxy) is 1. The number of hydroxylamine groups is 2. The van der Waals surface area contributed by atoms with Crippen molar-refractivity contribution < 1.29 is 19.2 Å². The van der Waals surface area contributed by atoms with Gasteiger partial charge >= 0.3 is 0 Å². The summed E-state index contributed by atoms with van der Waals surface area (Å²) in [5.74, 6) is -0.760. The van der Waals surface area contributed by atoms with Crippen molar-refractivity contribution in [2.75, 3.05) is 20.8 Å². The zero-order chi connectivity index (χ0) is 15.0. The first-order chi connectivity index (χ1) is 10.1. The molecule has 1 saturated heterocycles. The van der Waals surface area contributed by atoms with Crippen LogP contribution in [0.3, 0.4) is 0 Å². The molecule has 2 aliphatic rings. The van der Waals surface area contributed by atoms with Gasteiger partial charge < -0.3 is 4.74 Å². The normalized spacial score (nSPS) is 24.0. The Balaban J connectivity index is 1.85. The van der Waals surface area contributed by atoms with Gasteiger partial charge in [-0.25, -0.2) is 5.06 Å². The van der Waals surface area contributed by atoms with Crippen LogP contribution in [0.1, 0.15) is 11.8 Å². The highest BCUT2D eigenvalue weighted by atomic mass is 16.7. The van der Waals surface area contributed by atoms with Crippen molar-refractivity contribution in [2.45, 2.75) is 12.3 Å². The summed E-state index contributed by atoms with van der Waals surface area (Å²) < 4.78 is 5.70. The Hall–Kier alpha value is -2.18. The first kappa shape index (κ1) is 13.8. The van der Waals surface area contributed by atoms with Gasteiger partial charge in [0.15, 0.2) is 6.23 Å². The van der Waals surface area contributed by atoms with Crippen LogP contribution in [0.2, 0.25) is 0 Å². The van der Waals surface area contributed by atoms with E-state index in [1.165, 1.54) is 14.2 Å². The SMILES string of the molecule is CON(C)C(=O)C1=C[C@H]2CO[C@H](c3ccccc3)N2C1=O. The van der Waals surface area contributed by atoms with Gasteiger partial charge in [0.1, 0.15) is 5.57 Å². The van der Waals surface area contributed by atoms with Crippen molar-refractivity contribution in [1.82, 2.24) is 9.96 Å². The molecule has 2 aliphatic heterocycles. The highest BCUT2D eigenvalue weighted by Gasteiger charge is 2.45. The second-order valence-corrected chi connectivity index (χ2v) is 4.94. The van der Waals surface area contributed by atoms with E-state index in [2.05, 4.69) is 0 Å². The number of hydrogen-bond donors (Lipinski definition) is 0. The average Bonchev–Trinajstić information content (AvgIpc) is 3.07. The Morgan fingerprint density at radius 1 is 1.38 bits per heavy atom. The molecule has 0 bridgehead atoms. The van der Waals surface area contributed by atoms with Gasteiger partial charge in [-0.1, -0.05) is 30.3 Å². The van der Waals surface area contributed by atoms with Gasteiger partial charge in [0, 0.05) is 12.6 Å². The van der Waals surface area contributed by atoms with Gasteiger partial charge in [-0.3, -0.25) is 19.3 Å². The highest BCUT2D eigenvalue weighted by Crippen LogP contribution is 2.36. The number of rotatable bonds is 3. The van der Waals surface area contributed by atoms with Gasteiger partial charge in [-0.15, -0.1) is 0 Å². The molecule has 0 aliphatic carbocycles. The summed E-state index contributed by atoms with van der Waals surface area (Å²) in [6.45, 7) is 0.388. The summed E-state index contributed by atoms with van der Waals surface area (Å²) in [5, 5.41) is 1.05.